The number of Topliss-reactive ketones (excluding diaryl/α,β-unsaturated/α-hetero) is 1. The minimum atomic E-state index is -1.51. The fourth-order valence-corrected chi connectivity index (χ4v) is 3.77. The molecule has 1 unspecified atom stereocenters. The Hall–Kier alpha value is -3.42. The molecular weight excluding hydrogens is 374 g/mol. The zero-order chi connectivity index (χ0) is 21.4. The molecule has 0 saturated carbocycles. The van der Waals surface area contributed by atoms with Crippen molar-refractivity contribution in [2.24, 2.45) is 5.41 Å². The van der Waals surface area contributed by atoms with Crippen LogP contribution >= 0.6 is 0 Å². The van der Waals surface area contributed by atoms with Gasteiger partial charge in [-0.1, -0.05) is 26.8 Å². The number of hydrogen-bond donors (Lipinski definition) is 2. The minimum Gasteiger partial charge on any atom is -0.465 e. The number of pyridine rings is 1. The summed E-state index contributed by atoms with van der Waals surface area (Å²) < 4.78 is 1.46. The highest BCUT2D eigenvalue weighted by atomic mass is 16.4. The van der Waals surface area contributed by atoms with Gasteiger partial charge in [0.2, 0.25) is 0 Å². The number of nitrogens with one attached hydrogen (secondary N) is 1. The van der Waals surface area contributed by atoms with Crippen LogP contribution in [0.4, 0.5) is 10.5 Å². The number of likely N-dealkylation sites (tertiary alicyclic amines) is 1. The lowest BCUT2D eigenvalue weighted by molar-refractivity contribution is -0.132. The lowest BCUT2D eigenvalue weighted by atomic mass is 9.71. The van der Waals surface area contributed by atoms with Gasteiger partial charge in [-0.2, -0.15) is 0 Å². The predicted octanol–water partition coefficient (Wildman–Crippen LogP) is 2.51. The van der Waals surface area contributed by atoms with Gasteiger partial charge in [0.1, 0.15) is 5.54 Å². The SMILES string of the molecule is CC(C)(C)C1(C(=O)Nc2ccc(-n3ccccc3=O)cc2)CC(=O)CN1C(=O)O. The molecule has 1 aromatic heterocycles. The van der Waals surface area contributed by atoms with Crippen LogP contribution in [0.15, 0.2) is 53.5 Å². The first-order valence-electron chi connectivity index (χ1n) is 9.18. The summed E-state index contributed by atoms with van der Waals surface area (Å²) in [7, 11) is 0. The summed E-state index contributed by atoms with van der Waals surface area (Å²) >= 11 is 0. The molecule has 0 radical (unpaired) electrons. The molecule has 1 atom stereocenters. The molecule has 0 bridgehead atoms. The molecule has 3 rings (SSSR count). The lowest BCUT2D eigenvalue weighted by Gasteiger charge is -2.44. The summed E-state index contributed by atoms with van der Waals surface area (Å²) in [6, 6.07) is 11.4. The van der Waals surface area contributed by atoms with E-state index in [1.165, 1.54) is 10.6 Å². The van der Waals surface area contributed by atoms with Gasteiger partial charge in [0, 0.05) is 30.1 Å². The van der Waals surface area contributed by atoms with Gasteiger partial charge in [0.05, 0.1) is 6.54 Å². The van der Waals surface area contributed by atoms with Gasteiger partial charge in [0.15, 0.2) is 5.78 Å². The van der Waals surface area contributed by atoms with Crippen molar-refractivity contribution in [1.29, 1.82) is 0 Å². The topological polar surface area (TPSA) is 109 Å². The van der Waals surface area contributed by atoms with E-state index in [2.05, 4.69) is 5.32 Å². The molecule has 152 valence electrons. The molecule has 1 saturated heterocycles. The normalized spacial score (nSPS) is 19.3. The first kappa shape index (κ1) is 20.3. The van der Waals surface area contributed by atoms with E-state index in [1.807, 2.05) is 0 Å². The fraction of sp³-hybridized carbons (Fsp3) is 0.333. The Kier molecular flexibility index (Phi) is 5.04. The molecule has 8 heteroatoms. The van der Waals surface area contributed by atoms with E-state index in [4.69, 9.17) is 0 Å². The van der Waals surface area contributed by atoms with E-state index in [1.54, 1.807) is 63.4 Å². The molecule has 2 aromatic rings. The van der Waals surface area contributed by atoms with Gasteiger partial charge in [0.25, 0.3) is 11.5 Å². The van der Waals surface area contributed by atoms with Crippen LogP contribution in [0.25, 0.3) is 5.69 Å². The minimum absolute atomic E-state index is 0.174. The van der Waals surface area contributed by atoms with Crippen LogP contribution in [-0.4, -0.2) is 44.4 Å². The van der Waals surface area contributed by atoms with Crippen LogP contribution in [-0.2, 0) is 9.59 Å². The average Bonchev–Trinajstić information content (AvgIpc) is 3.02. The second-order valence-electron chi connectivity index (χ2n) is 8.10. The molecule has 2 N–H and O–H groups in total. The first-order valence-corrected chi connectivity index (χ1v) is 9.18. The zero-order valence-corrected chi connectivity index (χ0v) is 16.5. The van der Waals surface area contributed by atoms with Crippen LogP contribution in [0.3, 0.4) is 0 Å². The monoisotopic (exact) mass is 397 g/mol. The maximum atomic E-state index is 13.2. The van der Waals surface area contributed by atoms with Crippen molar-refractivity contribution in [3.63, 3.8) is 0 Å². The Bertz CT molecular complexity index is 1020. The van der Waals surface area contributed by atoms with E-state index in [0.717, 1.165) is 4.90 Å². The Morgan fingerprint density at radius 1 is 1.07 bits per heavy atom. The second kappa shape index (κ2) is 7.20. The number of benzene rings is 1. The average molecular weight is 397 g/mol. The van der Waals surface area contributed by atoms with Crippen molar-refractivity contribution in [3.8, 4) is 5.69 Å². The van der Waals surface area contributed by atoms with Crippen molar-refractivity contribution in [3.05, 3.63) is 59.0 Å². The summed E-state index contributed by atoms with van der Waals surface area (Å²) in [6.45, 7) is 4.92. The Morgan fingerprint density at radius 3 is 2.28 bits per heavy atom. The quantitative estimate of drug-likeness (QED) is 0.827. The number of carboxylic acid groups (broad SMARTS) is 1. The third-order valence-corrected chi connectivity index (χ3v) is 5.32. The lowest BCUT2D eigenvalue weighted by Crippen LogP contribution is -2.62. The highest BCUT2D eigenvalue weighted by Crippen LogP contribution is 2.43. The largest absolute Gasteiger partial charge is 0.465 e. The number of rotatable bonds is 3. The molecule has 1 aliphatic heterocycles. The van der Waals surface area contributed by atoms with Gasteiger partial charge in [-0.25, -0.2) is 4.79 Å². The van der Waals surface area contributed by atoms with Crippen molar-refractivity contribution in [1.82, 2.24) is 9.47 Å². The summed E-state index contributed by atoms with van der Waals surface area (Å²) in [6.07, 6.45) is 0.158. The standard InChI is InChI=1S/C21H23N3O5/c1-20(2,3)21(12-16(25)13-24(21)19(28)29)18(27)22-14-7-9-15(10-8-14)23-11-5-4-6-17(23)26/h4-11H,12-13H2,1-3H3,(H,22,27)(H,28,29). The van der Waals surface area contributed by atoms with Crippen LogP contribution in [0.5, 0.6) is 0 Å². The Balaban J connectivity index is 1.91. The van der Waals surface area contributed by atoms with Crippen LogP contribution in [0.2, 0.25) is 0 Å². The molecule has 29 heavy (non-hydrogen) atoms. The van der Waals surface area contributed by atoms with Crippen molar-refractivity contribution < 1.29 is 19.5 Å². The predicted molar refractivity (Wildman–Crippen MR) is 107 cm³/mol. The molecular formula is C21H23N3O5. The molecule has 0 spiro atoms. The molecule has 1 aliphatic rings. The third kappa shape index (κ3) is 3.53. The Morgan fingerprint density at radius 2 is 1.72 bits per heavy atom. The van der Waals surface area contributed by atoms with E-state index >= 15 is 0 Å². The van der Waals surface area contributed by atoms with E-state index in [0.29, 0.717) is 11.4 Å². The summed E-state index contributed by atoms with van der Waals surface area (Å²) in [4.78, 5) is 50.0. The van der Waals surface area contributed by atoms with Crippen LogP contribution < -0.4 is 10.9 Å². The molecule has 2 amide bonds. The number of nitrogens with zero attached hydrogens (tertiary/aromatic N) is 2. The summed E-state index contributed by atoms with van der Waals surface area (Å²) in [5, 5.41) is 12.3. The first-order chi connectivity index (χ1) is 13.6. The van der Waals surface area contributed by atoms with Gasteiger partial charge in [-0.15, -0.1) is 0 Å². The summed E-state index contributed by atoms with van der Waals surface area (Å²) in [5.41, 5.74) is -1.43. The van der Waals surface area contributed by atoms with E-state index in [-0.39, 0.29) is 24.3 Å². The number of ketones is 1. The molecule has 0 aliphatic carbocycles. The number of anilines is 1. The molecule has 2 heterocycles. The molecule has 8 nitrogen and oxygen atoms in total. The number of carbonyl (C=O) groups excluding carboxylic acids is 2. The van der Waals surface area contributed by atoms with Gasteiger partial charge in [-0.3, -0.25) is 23.9 Å². The van der Waals surface area contributed by atoms with Gasteiger partial charge in [-0.05, 0) is 35.7 Å². The maximum absolute atomic E-state index is 13.2. The van der Waals surface area contributed by atoms with E-state index in [9.17, 15) is 24.3 Å². The molecule has 1 fully saturated rings. The zero-order valence-electron chi connectivity index (χ0n) is 16.5. The van der Waals surface area contributed by atoms with E-state index < -0.39 is 23.0 Å². The number of aromatic nitrogens is 1. The van der Waals surface area contributed by atoms with Gasteiger partial charge < -0.3 is 10.4 Å². The number of hydrogen-bond acceptors (Lipinski definition) is 4. The number of carbonyl (C=O) groups is 3. The van der Waals surface area contributed by atoms with Gasteiger partial charge >= 0.3 is 6.09 Å². The maximum Gasteiger partial charge on any atom is 0.408 e. The van der Waals surface area contributed by atoms with Crippen LogP contribution in [0.1, 0.15) is 27.2 Å². The van der Waals surface area contributed by atoms with Crippen LogP contribution in [0, 0.1) is 5.41 Å². The van der Waals surface area contributed by atoms with Crippen molar-refractivity contribution >= 4 is 23.5 Å². The summed E-state index contributed by atoms with van der Waals surface area (Å²) in [5.74, 6) is -0.848. The highest BCUT2D eigenvalue weighted by Gasteiger charge is 2.60. The van der Waals surface area contributed by atoms with Crippen molar-refractivity contribution in [2.75, 3.05) is 11.9 Å². The van der Waals surface area contributed by atoms with Crippen molar-refractivity contribution in [2.45, 2.75) is 32.7 Å². The third-order valence-electron chi connectivity index (χ3n) is 5.32. The smallest absolute Gasteiger partial charge is 0.408 e. The molecule has 1 aromatic carbocycles. The second-order valence-corrected chi connectivity index (χ2v) is 8.10. The fourth-order valence-electron chi connectivity index (χ4n) is 3.77. The number of amides is 2. The highest BCUT2D eigenvalue weighted by molar-refractivity contribution is 6.06. The Labute approximate surface area is 167 Å².